The Morgan fingerprint density at radius 3 is 2.46 bits per heavy atom. The van der Waals surface area contributed by atoms with Crippen LogP contribution in [0.15, 0.2) is 42.5 Å². The van der Waals surface area contributed by atoms with E-state index in [4.69, 9.17) is 0 Å². The van der Waals surface area contributed by atoms with Gasteiger partial charge in [-0.2, -0.15) is 0 Å². The van der Waals surface area contributed by atoms with Gasteiger partial charge in [0.15, 0.2) is 17.5 Å². The van der Waals surface area contributed by atoms with Crippen LogP contribution in [0.2, 0.25) is 0 Å². The van der Waals surface area contributed by atoms with E-state index in [-0.39, 0.29) is 18.9 Å². The molecule has 1 heterocycles. The van der Waals surface area contributed by atoms with Crippen LogP contribution < -0.4 is 10.2 Å². The van der Waals surface area contributed by atoms with Crippen LogP contribution in [-0.4, -0.2) is 24.4 Å². The minimum atomic E-state index is -1.70. The third kappa shape index (κ3) is 2.97. The summed E-state index contributed by atoms with van der Waals surface area (Å²) in [6.45, 7) is 0.222. The van der Waals surface area contributed by atoms with Gasteiger partial charge < -0.3 is 10.2 Å². The molecule has 3 rings (SSSR count). The minimum Gasteiger partial charge on any atom is -0.347 e. The molecule has 0 radical (unpaired) electrons. The van der Waals surface area contributed by atoms with E-state index in [1.54, 1.807) is 24.3 Å². The second-order valence-corrected chi connectivity index (χ2v) is 5.44. The number of amides is 2. The molecule has 1 atom stereocenters. The minimum absolute atomic E-state index is 0.0475. The Labute approximate surface area is 135 Å². The summed E-state index contributed by atoms with van der Waals surface area (Å²) < 4.78 is 39.8. The number of nitrogens with zero attached hydrogens (tertiary/aromatic N) is 1. The molecular formula is C17H13F3N2O2. The molecule has 1 aliphatic heterocycles. The number of halogens is 3. The fourth-order valence-electron chi connectivity index (χ4n) is 2.63. The molecule has 1 unspecified atom stereocenters. The molecule has 0 bridgehead atoms. The van der Waals surface area contributed by atoms with Crippen LogP contribution in [0, 0.1) is 17.5 Å². The Bertz CT molecular complexity index is 796. The normalized spacial score (nSPS) is 17.2. The summed E-state index contributed by atoms with van der Waals surface area (Å²) in [5, 5.41) is 2.48. The molecular weight excluding hydrogens is 321 g/mol. The number of carbonyl (C=O) groups is 2. The zero-order valence-corrected chi connectivity index (χ0v) is 12.4. The van der Waals surface area contributed by atoms with Crippen molar-refractivity contribution in [2.75, 3.05) is 11.4 Å². The molecule has 0 aliphatic carbocycles. The third-order valence-electron chi connectivity index (χ3n) is 3.81. The van der Waals surface area contributed by atoms with Crippen molar-refractivity contribution < 1.29 is 22.8 Å². The SMILES string of the molecule is O=C(NC1CC(=O)N(c2ccccc2)C1)c1ccc(F)c(F)c1F. The molecule has 124 valence electrons. The van der Waals surface area contributed by atoms with Crippen molar-refractivity contribution in [2.24, 2.45) is 0 Å². The average molecular weight is 334 g/mol. The molecule has 4 nitrogen and oxygen atoms in total. The maximum absolute atomic E-state index is 13.7. The van der Waals surface area contributed by atoms with Crippen LogP contribution in [0.5, 0.6) is 0 Å². The topological polar surface area (TPSA) is 49.4 Å². The lowest BCUT2D eigenvalue weighted by Gasteiger charge is -2.17. The number of anilines is 1. The first kappa shape index (κ1) is 16.0. The van der Waals surface area contributed by atoms with E-state index in [1.165, 1.54) is 4.90 Å². The molecule has 0 saturated carbocycles. The van der Waals surface area contributed by atoms with Crippen molar-refractivity contribution in [2.45, 2.75) is 12.5 Å². The van der Waals surface area contributed by atoms with Gasteiger partial charge in [0.1, 0.15) is 0 Å². The lowest BCUT2D eigenvalue weighted by molar-refractivity contribution is -0.117. The first-order chi connectivity index (χ1) is 11.5. The summed E-state index contributed by atoms with van der Waals surface area (Å²) in [5.41, 5.74) is 0.0952. The van der Waals surface area contributed by atoms with E-state index in [1.807, 2.05) is 6.07 Å². The van der Waals surface area contributed by atoms with Crippen LogP contribution >= 0.6 is 0 Å². The second-order valence-electron chi connectivity index (χ2n) is 5.44. The first-order valence-corrected chi connectivity index (χ1v) is 7.27. The Kier molecular flexibility index (Phi) is 4.24. The van der Waals surface area contributed by atoms with Gasteiger partial charge in [-0.15, -0.1) is 0 Å². The fraction of sp³-hybridized carbons (Fsp3) is 0.176. The molecule has 0 spiro atoms. The molecule has 7 heteroatoms. The van der Waals surface area contributed by atoms with Gasteiger partial charge in [0.2, 0.25) is 5.91 Å². The summed E-state index contributed by atoms with van der Waals surface area (Å²) >= 11 is 0. The van der Waals surface area contributed by atoms with Crippen molar-refractivity contribution in [1.29, 1.82) is 0 Å². The van der Waals surface area contributed by atoms with Crippen molar-refractivity contribution in [3.05, 3.63) is 65.5 Å². The lowest BCUT2D eigenvalue weighted by Crippen LogP contribution is -2.37. The van der Waals surface area contributed by atoms with Gasteiger partial charge in [-0.1, -0.05) is 18.2 Å². The van der Waals surface area contributed by atoms with E-state index in [0.717, 1.165) is 6.07 Å². The molecule has 1 aliphatic rings. The number of carbonyl (C=O) groups excluding carboxylic acids is 2. The van der Waals surface area contributed by atoms with Crippen LogP contribution in [-0.2, 0) is 4.79 Å². The highest BCUT2D eigenvalue weighted by atomic mass is 19.2. The number of benzene rings is 2. The predicted octanol–water partition coefficient (Wildman–Crippen LogP) is 2.64. The maximum atomic E-state index is 13.7. The smallest absolute Gasteiger partial charge is 0.254 e. The van der Waals surface area contributed by atoms with E-state index in [0.29, 0.717) is 11.8 Å². The van der Waals surface area contributed by atoms with Gasteiger partial charge in [0, 0.05) is 18.7 Å². The standard InChI is InChI=1S/C17H13F3N2O2/c18-13-7-6-12(15(19)16(13)20)17(24)21-10-8-14(23)22(9-10)11-4-2-1-3-5-11/h1-7,10H,8-9H2,(H,21,24). The lowest BCUT2D eigenvalue weighted by atomic mass is 10.1. The predicted molar refractivity (Wildman–Crippen MR) is 81.0 cm³/mol. The fourth-order valence-corrected chi connectivity index (χ4v) is 2.63. The van der Waals surface area contributed by atoms with Crippen molar-refractivity contribution in [3.8, 4) is 0 Å². The van der Waals surface area contributed by atoms with Crippen molar-refractivity contribution in [1.82, 2.24) is 5.32 Å². The summed E-state index contributed by atoms with van der Waals surface area (Å²) in [6, 6.07) is 9.91. The highest BCUT2D eigenvalue weighted by Gasteiger charge is 2.32. The summed E-state index contributed by atoms with van der Waals surface area (Å²) in [5.74, 6) is -5.68. The molecule has 1 N–H and O–H groups in total. The van der Waals surface area contributed by atoms with E-state index in [9.17, 15) is 22.8 Å². The van der Waals surface area contributed by atoms with Crippen molar-refractivity contribution >= 4 is 17.5 Å². The Morgan fingerprint density at radius 2 is 1.75 bits per heavy atom. The second kappa shape index (κ2) is 6.35. The molecule has 24 heavy (non-hydrogen) atoms. The van der Waals surface area contributed by atoms with Gasteiger partial charge in [-0.3, -0.25) is 9.59 Å². The van der Waals surface area contributed by atoms with Gasteiger partial charge >= 0.3 is 0 Å². The molecule has 1 saturated heterocycles. The Balaban J connectivity index is 1.72. The quantitative estimate of drug-likeness (QED) is 0.878. The van der Waals surface area contributed by atoms with E-state index in [2.05, 4.69) is 5.32 Å². The molecule has 2 aromatic rings. The average Bonchev–Trinajstić information content (AvgIpc) is 2.93. The van der Waals surface area contributed by atoms with Gasteiger partial charge in [-0.25, -0.2) is 13.2 Å². The number of rotatable bonds is 3. The number of hydrogen-bond acceptors (Lipinski definition) is 2. The van der Waals surface area contributed by atoms with Gasteiger partial charge in [-0.05, 0) is 24.3 Å². The molecule has 2 aromatic carbocycles. The van der Waals surface area contributed by atoms with Gasteiger partial charge in [0.25, 0.3) is 5.91 Å². The Hall–Kier alpha value is -2.83. The monoisotopic (exact) mass is 334 g/mol. The van der Waals surface area contributed by atoms with Gasteiger partial charge in [0.05, 0.1) is 11.6 Å². The zero-order chi connectivity index (χ0) is 17.3. The summed E-state index contributed by atoms with van der Waals surface area (Å²) in [7, 11) is 0. The maximum Gasteiger partial charge on any atom is 0.254 e. The van der Waals surface area contributed by atoms with Crippen LogP contribution in [0.1, 0.15) is 16.8 Å². The zero-order valence-electron chi connectivity index (χ0n) is 12.4. The summed E-state index contributed by atoms with van der Waals surface area (Å²) in [4.78, 5) is 25.6. The largest absolute Gasteiger partial charge is 0.347 e. The highest BCUT2D eigenvalue weighted by Crippen LogP contribution is 2.22. The van der Waals surface area contributed by atoms with Crippen molar-refractivity contribution in [3.63, 3.8) is 0 Å². The van der Waals surface area contributed by atoms with E-state index >= 15 is 0 Å². The third-order valence-corrected chi connectivity index (χ3v) is 3.81. The molecule has 2 amide bonds. The van der Waals surface area contributed by atoms with Crippen LogP contribution in [0.25, 0.3) is 0 Å². The number of hydrogen-bond donors (Lipinski definition) is 1. The number of para-hydroxylation sites is 1. The van der Waals surface area contributed by atoms with Crippen LogP contribution in [0.3, 0.4) is 0 Å². The molecule has 1 fully saturated rings. The highest BCUT2D eigenvalue weighted by molar-refractivity contribution is 5.99. The first-order valence-electron chi connectivity index (χ1n) is 7.27. The molecule has 0 aromatic heterocycles. The van der Waals surface area contributed by atoms with E-state index < -0.39 is 35.0 Å². The Morgan fingerprint density at radius 1 is 1.04 bits per heavy atom. The number of nitrogens with one attached hydrogen (secondary N) is 1. The summed E-state index contributed by atoms with van der Waals surface area (Å²) in [6.07, 6.45) is 0.0475. The van der Waals surface area contributed by atoms with Crippen LogP contribution in [0.4, 0.5) is 18.9 Å².